The number of rotatable bonds is 6. The number of hydrogen-bond acceptors (Lipinski definition) is 3. The highest BCUT2D eigenvalue weighted by Crippen LogP contribution is 2.15. The lowest BCUT2D eigenvalue weighted by Gasteiger charge is -2.09. The van der Waals surface area contributed by atoms with E-state index in [0.29, 0.717) is 6.61 Å². The molecule has 0 fully saturated rings. The Morgan fingerprint density at radius 3 is 3.21 bits per heavy atom. The van der Waals surface area contributed by atoms with Crippen molar-refractivity contribution in [1.82, 2.24) is 10.3 Å². The van der Waals surface area contributed by atoms with Gasteiger partial charge in [0.15, 0.2) is 0 Å². The third kappa shape index (κ3) is 3.18. The van der Waals surface area contributed by atoms with Gasteiger partial charge in [0.25, 0.3) is 0 Å². The molecule has 0 saturated heterocycles. The predicted molar refractivity (Wildman–Crippen MR) is 57.3 cm³/mol. The van der Waals surface area contributed by atoms with Gasteiger partial charge in [-0.1, -0.05) is 19.6 Å². The number of ether oxygens (including phenoxy) is 1. The van der Waals surface area contributed by atoms with Gasteiger partial charge >= 0.3 is 0 Å². The second-order valence-corrected chi connectivity index (χ2v) is 2.86. The average molecular weight is 192 g/mol. The van der Waals surface area contributed by atoms with Gasteiger partial charge in [0.2, 0.25) is 0 Å². The highest BCUT2D eigenvalue weighted by atomic mass is 16.5. The quantitative estimate of drug-likeness (QED) is 0.697. The Labute approximate surface area is 84.8 Å². The van der Waals surface area contributed by atoms with Crippen LogP contribution in [0, 0.1) is 0 Å². The number of nitrogens with zero attached hydrogens (tertiary/aromatic N) is 1. The zero-order chi connectivity index (χ0) is 10.2. The van der Waals surface area contributed by atoms with Crippen molar-refractivity contribution < 1.29 is 4.74 Å². The van der Waals surface area contributed by atoms with Gasteiger partial charge in [-0.15, -0.1) is 0 Å². The van der Waals surface area contributed by atoms with Crippen molar-refractivity contribution >= 4 is 0 Å². The van der Waals surface area contributed by atoms with Crippen LogP contribution in [-0.2, 0) is 6.54 Å². The summed E-state index contributed by atoms with van der Waals surface area (Å²) in [6.45, 7) is 7.96. The first-order valence-electron chi connectivity index (χ1n) is 4.75. The van der Waals surface area contributed by atoms with Gasteiger partial charge in [-0.2, -0.15) is 0 Å². The number of aromatic nitrogens is 1. The Kier molecular flexibility index (Phi) is 4.72. The zero-order valence-corrected chi connectivity index (χ0v) is 8.49. The average Bonchev–Trinajstić information content (AvgIpc) is 2.24. The summed E-state index contributed by atoms with van der Waals surface area (Å²) in [5, 5.41) is 3.25. The molecule has 1 aromatic rings. The van der Waals surface area contributed by atoms with Crippen LogP contribution in [0.15, 0.2) is 31.1 Å². The Bertz CT molecular complexity index is 286. The normalized spacial score (nSPS) is 9.79. The van der Waals surface area contributed by atoms with Crippen LogP contribution in [0.5, 0.6) is 5.75 Å². The van der Waals surface area contributed by atoms with Gasteiger partial charge < -0.3 is 10.1 Å². The van der Waals surface area contributed by atoms with Crippen molar-refractivity contribution in [2.24, 2.45) is 0 Å². The number of hydrogen-bond donors (Lipinski definition) is 1. The van der Waals surface area contributed by atoms with Crippen LogP contribution in [0.4, 0.5) is 0 Å². The molecule has 0 saturated carbocycles. The molecule has 0 radical (unpaired) electrons. The van der Waals surface area contributed by atoms with Crippen molar-refractivity contribution in [2.45, 2.75) is 13.5 Å². The number of pyridine rings is 1. The molecule has 0 aromatic carbocycles. The molecule has 0 aliphatic carbocycles. The van der Waals surface area contributed by atoms with Gasteiger partial charge in [0.1, 0.15) is 12.4 Å². The van der Waals surface area contributed by atoms with E-state index in [1.807, 2.05) is 6.07 Å². The highest BCUT2D eigenvalue weighted by molar-refractivity contribution is 5.29. The van der Waals surface area contributed by atoms with Crippen LogP contribution in [0.3, 0.4) is 0 Å². The van der Waals surface area contributed by atoms with E-state index in [1.165, 1.54) is 0 Å². The molecule has 0 atom stereocenters. The van der Waals surface area contributed by atoms with E-state index >= 15 is 0 Å². The molecule has 0 unspecified atom stereocenters. The highest BCUT2D eigenvalue weighted by Gasteiger charge is 2.01. The monoisotopic (exact) mass is 192 g/mol. The molecule has 1 aromatic heterocycles. The summed E-state index contributed by atoms with van der Waals surface area (Å²) >= 11 is 0. The molecule has 1 heterocycles. The van der Waals surface area contributed by atoms with Crippen molar-refractivity contribution in [2.75, 3.05) is 13.2 Å². The van der Waals surface area contributed by atoms with Crippen molar-refractivity contribution in [3.05, 3.63) is 36.7 Å². The van der Waals surface area contributed by atoms with Gasteiger partial charge in [-0.25, -0.2) is 0 Å². The molecule has 1 N–H and O–H groups in total. The third-order valence-electron chi connectivity index (χ3n) is 1.79. The molecule has 0 spiro atoms. The fourth-order valence-electron chi connectivity index (χ4n) is 1.09. The number of nitrogens with one attached hydrogen (secondary N) is 1. The largest absolute Gasteiger partial charge is 0.488 e. The molecule has 14 heavy (non-hydrogen) atoms. The Morgan fingerprint density at radius 2 is 2.50 bits per heavy atom. The van der Waals surface area contributed by atoms with Gasteiger partial charge in [0, 0.05) is 18.3 Å². The second-order valence-electron chi connectivity index (χ2n) is 2.86. The van der Waals surface area contributed by atoms with E-state index in [2.05, 4.69) is 23.8 Å². The summed E-state index contributed by atoms with van der Waals surface area (Å²) in [6, 6.07) is 1.96. The molecule has 0 aliphatic rings. The topological polar surface area (TPSA) is 34.1 Å². The van der Waals surface area contributed by atoms with Crippen LogP contribution in [0.2, 0.25) is 0 Å². The molecule has 1 rings (SSSR count). The third-order valence-corrected chi connectivity index (χ3v) is 1.79. The zero-order valence-electron chi connectivity index (χ0n) is 8.49. The standard InChI is InChI=1S/C11H16N2O/c1-3-7-14-11-9-13-6-5-10(11)8-12-4-2/h3,5-6,9,12H,1,4,7-8H2,2H3. The smallest absolute Gasteiger partial charge is 0.142 e. The second kappa shape index (κ2) is 6.16. The summed E-state index contributed by atoms with van der Waals surface area (Å²) in [4.78, 5) is 4.02. The maximum Gasteiger partial charge on any atom is 0.142 e. The molecular formula is C11H16N2O. The first-order valence-corrected chi connectivity index (χ1v) is 4.75. The summed E-state index contributed by atoms with van der Waals surface area (Å²) in [7, 11) is 0. The predicted octanol–water partition coefficient (Wildman–Crippen LogP) is 1.76. The lowest BCUT2D eigenvalue weighted by atomic mass is 10.2. The minimum absolute atomic E-state index is 0.519. The van der Waals surface area contributed by atoms with Crippen molar-refractivity contribution in [3.63, 3.8) is 0 Å². The Morgan fingerprint density at radius 1 is 1.64 bits per heavy atom. The van der Waals surface area contributed by atoms with Gasteiger partial charge in [0.05, 0.1) is 6.20 Å². The molecule has 0 bridgehead atoms. The summed E-state index contributed by atoms with van der Waals surface area (Å²) in [5.41, 5.74) is 1.13. The van der Waals surface area contributed by atoms with E-state index < -0.39 is 0 Å². The fourth-order valence-corrected chi connectivity index (χ4v) is 1.09. The molecule has 76 valence electrons. The van der Waals surface area contributed by atoms with Crippen molar-refractivity contribution in [1.29, 1.82) is 0 Å². The lowest BCUT2D eigenvalue weighted by Crippen LogP contribution is -2.13. The molecule has 0 aliphatic heterocycles. The van der Waals surface area contributed by atoms with E-state index in [1.54, 1.807) is 18.5 Å². The van der Waals surface area contributed by atoms with Gasteiger partial charge in [-0.3, -0.25) is 4.98 Å². The summed E-state index contributed by atoms with van der Waals surface area (Å²) < 4.78 is 5.46. The minimum Gasteiger partial charge on any atom is -0.488 e. The van der Waals surface area contributed by atoms with Crippen LogP contribution in [0.25, 0.3) is 0 Å². The van der Waals surface area contributed by atoms with Crippen LogP contribution in [-0.4, -0.2) is 18.1 Å². The lowest BCUT2D eigenvalue weighted by molar-refractivity contribution is 0.356. The molecule has 3 nitrogen and oxygen atoms in total. The maximum absolute atomic E-state index is 5.46. The van der Waals surface area contributed by atoms with Crippen LogP contribution in [0.1, 0.15) is 12.5 Å². The Hall–Kier alpha value is -1.35. The summed E-state index contributed by atoms with van der Waals surface area (Å²) in [5.74, 6) is 0.827. The first-order chi connectivity index (χ1) is 6.88. The van der Waals surface area contributed by atoms with E-state index in [9.17, 15) is 0 Å². The minimum atomic E-state index is 0.519. The van der Waals surface area contributed by atoms with Gasteiger partial charge in [-0.05, 0) is 12.6 Å². The van der Waals surface area contributed by atoms with Crippen molar-refractivity contribution in [3.8, 4) is 5.75 Å². The summed E-state index contributed by atoms with van der Waals surface area (Å²) in [6.07, 6.45) is 5.23. The Balaban J connectivity index is 2.64. The molecule has 0 amide bonds. The van der Waals surface area contributed by atoms with E-state index in [0.717, 1.165) is 24.4 Å². The molecular weight excluding hydrogens is 176 g/mol. The van der Waals surface area contributed by atoms with E-state index in [-0.39, 0.29) is 0 Å². The molecule has 3 heteroatoms. The van der Waals surface area contributed by atoms with Crippen LogP contribution >= 0.6 is 0 Å². The van der Waals surface area contributed by atoms with Crippen LogP contribution < -0.4 is 10.1 Å². The maximum atomic E-state index is 5.46. The SMILES string of the molecule is C=CCOc1cnccc1CNCC. The first kappa shape index (κ1) is 10.7. The van der Waals surface area contributed by atoms with E-state index in [4.69, 9.17) is 4.74 Å². The fraction of sp³-hybridized carbons (Fsp3) is 0.364.